The number of nitrogens with two attached hydrogens (primary N) is 1. The molecule has 1 atom stereocenters. The maximum absolute atomic E-state index is 5.67. The highest BCUT2D eigenvalue weighted by atomic mass is 79.9. The number of aryl methyl sites for hydroxylation is 1. The van der Waals surface area contributed by atoms with Crippen molar-refractivity contribution in [3.05, 3.63) is 38.8 Å². The number of nitrogens with zero attached hydrogens (tertiary/aromatic N) is 2. The number of halogens is 1. The Balaban J connectivity index is 2.31. The van der Waals surface area contributed by atoms with Crippen LogP contribution in [-0.4, -0.2) is 9.78 Å². The van der Waals surface area contributed by atoms with Crippen LogP contribution in [0.2, 0.25) is 0 Å². The first-order valence-corrected chi connectivity index (χ1v) is 7.15. The minimum absolute atomic E-state index is 0.000324. The third-order valence-electron chi connectivity index (χ3n) is 2.52. The Kier molecular flexibility index (Phi) is 4.33. The molecular weight excluding hydrogens is 300 g/mol. The van der Waals surface area contributed by atoms with Gasteiger partial charge in [-0.2, -0.15) is 5.10 Å². The Morgan fingerprint density at radius 2 is 2.47 bits per heavy atom. The standard InChI is InChI=1S/C11H15BrN4S/c1-2-5-16-9(3-4-14-16)11(15-13)10-6-8(12)7-17-10/h3-4,6-7,11,15H,2,5,13H2,1H3. The van der Waals surface area contributed by atoms with Crippen LogP contribution in [0.1, 0.15) is 30.0 Å². The van der Waals surface area contributed by atoms with Gasteiger partial charge < -0.3 is 0 Å². The van der Waals surface area contributed by atoms with Crippen molar-refractivity contribution in [2.75, 3.05) is 0 Å². The molecule has 0 aliphatic carbocycles. The largest absolute Gasteiger partial charge is 0.270 e. The highest BCUT2D eigenvalue weighted by Crippen LogP contribution is 2.29. The molecule has 92 valence electrons. The van der Waals surface area contributed by atoms with Crippen LogP contribution in [0.5, 0.6) is 0 Å². The van der Waals surface area contributed by atoms with Gasteiger partial charge in [0.15, 0.2) is 0 Å². The summed E-state index contributed by atoms with van der Waals surface area (Å²) in [7, 11) is 0. The fourth-order valence-electron chi connectivity index (χ4n) is 1.78. The van der Waals surface area contributed by atoms with Crippen LogP contribution in [0, 0.1) is 0 Å². The summed E-state index contributed by atoms with van der Waals surface area (Å²) in [4.78, 5) is 1.18. The van der Waals surface area contributed by atoms with Gasteiger partial charge in [-0.1, -0.05) is 6.92 Å². The van der Waals surface area contributed by atoms with Crippen LogP contribution >= 0.6 is 27.3 Å². The SMILES string of the molecule is CCCn1nccc1C(NN)c1cc(Br)cs1. The predicted octanol–water partition coefficient (Wildman–Crippen LogP) is 2.67. The second-order valence-corrected chi connectivity index (χ2v) is 5.60. The Labute approximate surface area is 113 Å². The number of nitrogens with one attached hydrogen (secondary N) is 1. The normalized spacial score (nSPS) is 12.9. The molecule has 2 rings (SSSR count). The summed E-state index contributed by atoms with van der Waals surface area (Å²) in [5.74, 6) is 5.67. The van der Waals surface area contributed by atoms with E-state index in [2.05, 4.69) is 44.8 Å². The fourth-order valence-corrected chi connectivity index (χ4v) is 3.29. The molecule has 0 saturated heterocycles. The average molecular weight is 315 g/mol. The van der Waals surface area contributed by atoms with E-state index in [0.717, 1.165) is 23.1 Å². The molecule has 0 saturated carbocycles. The van der Waals surface area contributed by atoms with Gasteiger partial charge in [-0.3, -0.25) is 10.5 Å². The van der Waals surface area contributed by atoms with Crippen molar-refractivity contribution < 1.29 is 0 Å². The molecular formula is C11H15BrN4S. The van der Waals surface area contributed by atoms with E-state index in [1.165, 1.54) is 4.88 Å². The van der Waals surface area contributed by atoms with Gasteiger partial charge in [0.1, 0.15) is 0 Å². The van der Waals surface area contributed by atoms with Crippen LogP contribution in [0.3, 0.4) is 0 Å². The molecule has 4 nitrogen and oxygen atoms in total. The van der Waals surface area contributed by atoms with Gasteiger partial charge in [0.25, 0.3) is 0 Å². The lowest BCUT2D eigenvalue weighted by molar-refractivity contribution is 0.524. The third kappa shape index (κ3) is 2.77. The first-order valence-electron chi connectivity index (χ1n) is 5.48. The lowest BCUT2D eigenvalue weighted by Crippen LogP contribution is -2.30. The Hall–Kier alpha value is -0.690. The highest BCUT2D eigenvalue weighted by Gasteiger charge is 2.18. The second-order valence-electron chi connectivity index (χ2n) is 3.75. The van der Waals surface area contributed by atoms with E-state index in [1.54, 1.807) is 11.3 Å². The van der Waals surface area contributed by atoms with Crippen molar-refractivity contribution in [3.8, 4) is 0 Å². The Bertz CT molecular complexity index is 479. The quantitative estimate of drug-likeness (QED) is 0.659. The summed E-state index contributed by atoms with van der Waals surface area (Å²) in [6.45, 7) is 3.05. The van der Waals surface area contributed by atoms with Gasteiger partial charge in [-0.05, 0) is 34.5 Å². The van der Waals surface area contributed by atoms with Gasteiger partial charge in [0, 0.05) is 27.5 Å². The minimum Gasteiger partial charge on any atom is -0.270 e. The monoisotopic (exact) mass is 314 g/mol. The molecule has 6 heteroatoms. The minimum atomic E-state index is 0.000324. The summed E-state index contributed by atoms with van der Waals surface area (Å²) in [5, 5.41) is 6.38. The number of hydrazine groups is 1. The molecule has 2 aromatic heterocycles. The molecule has 0 radical (unpaired) electrons. The predicted molar refractivity (Wildman–Crippen MR) is 73.7 cm³/mol. The first kappa shape index (κ1) is 12.8. The number of hydrogen-bond donors (Lipinski definition) is 2. The number of hydrogen-bond acceptors (Lipinski definition) is 4. The maximum atomic E-state index is 5.67. The highest BCUT2D eigenvalue weighted by molar-refractivity contribution is 9.10. The molecule has 0 spiro atoms. The van der Waals surface area contributed by atoms with Crippen LogP contribution < -0.4 is 11.3 Å². The first-order chi connectivity index (χ1) is 8.26. The van der Waals surface area contributed by atoms with Gasteiger partial charge in [0.05, 0.1) is 11.7 Å². The number of aromatic nitrogens is 2. The lowest BCUT2D eigenvalue weighted by Gasteiger charge is -2.16. The second kappa shape index (κ2) is 5.77. The molecule has 0 amide bonds. The molecule has 0 aliphatic rings. The summed E-state index contributed by atoms with van der Waals surface area (Å²) in [5.41, 5.74) is 3.96. The molecule has 2 heterocycles. The average Bonchev–Trinajstić information content (AvgIpc) is 2.91. The Morgan fingerprint density at radius 3 is 3.06 bits per heavy atom. The lowest BCUT2D eigenvalue weighted by atomic mass is 10.2. The van der Waals surface area contributed by atoms with Crippen molar-refractivity contribution in [1.29, 1.82) is 0 Å². The van der Waals surface area contributed by atoms with E-state index in [1.807, 2.05) is 16.9 Å². The molecule has 17 heavy (non-hydrogen) atoms. The van der Waals surface area contributed by atoms with E-state index in [4.69, 9.17) is 5.84 Å². The number of thiophene rings is 1. The third-order valence-corrected chi connectivity index (χ3v) is 4.28. The van der Waals surface area contributed by atoms with E-state index in [0.29, 0.717) is 0 Å². The van der Waals surface area contributed by atoms with Crippen molar-refractivity contribution in [2.24, 2.45) is 5.84 Å². The zero-order valence-corrected chi connectivity index (χ0v) is 12.0. The van der Waals surface area contributed by atoms with Gasteiger partial charge in [0.2, 0.25) is 0 Å². The van der Waals surface area contributed by atoms with E-state index in [9.17, 15) is 0 Å². The zero-order chi connectivity index (χ0) is 12.3. The maximum Gasteiger partial charge on any atom is 0.0970 e. The molecule has 0 aromatic carbocycles. The van der Waals surface area contributed by atoms with Crippen molar-refractivity contribution in [3.63, 3.8) is 0 Å². The van der Waals surface area contributed by atoms with Crippen LogP contribution in [0.15, 0.2) is 28.2 Å². The van der Waals surface area contributed by atoms with Crippen molar-refractivity contribution in [2.45, 2.75) is 25.9 Å². The topological polar surface area (TPSA) is 55.9 Å². The van der Waals surface area contributed by atoms with Gasteiger partial charge in [-0.25, -0.2) is 5.43 Å². The number of rotatable bonds is 5. The molecule has 0 bridgehead atoms. The smallest absolute Gasteiger partial charge is 0.0970 e. The van der Waals surface area contributed by atoms with Crippen LogP contribution in [-0.2, 0) is 6.54 Å². The zero-order valence-electron chi connectivity index (χ0n) is 9.56. The van der Waals surface area contributed by atoms with Crippen molar-refractivity contribution in [1.82, 2.24) is 15.2 Å². The molecule has 1 unspecified atom stereocenters. The fraction of sp³-hybridized carbons (Fsp3) is 0.364. The molecule has 2 aromatic rings. The van der Waals surface area contributed by atoms with Crippen LogP contribution in [0.4, 0.5) is 0 Å². The van der Waals surface area contributed by atoms with E-state index in [-0.39, 0.29) is 6.04 Å². The summed E-state index contributed by atoms with van der Waals surface area (Å²) >= 11 is 5.14. The summed E-state index contributed by atoms with van der Waals surface area (Å²) < 4.78 is 3.08. The van der Waals surface area contributed by atoms with Gasteiger partial charge in [-0.15, -0.1) is 11.3 Å². The molecule has 3 N–H and O–H groups in total. The summed E-state index contributed by atoms with van der Waals surface area (Å²) in [6, 6.07) is 4.09. The summed E-state index contributed by atoms with van der Waals surface area (Å²) in [6.07, 6.45) is 2.87. The van der Waals surface area contributed by atoms with Crippen molar-refractivity contribution >= 4 is 27.3 Å². The van der Waals surface area contributed by atoms with Crippen LogP contribution in [0.25, 0.3) is 0 Å². The van der Waals surface area contributed by atoms with E-state index >= 15 is 0 Å². The molecule has 0 aliphatic heterocycles. The molecule has 0 fully saturated rings. The van der Waals surface area contributed by atoms with Gasteiger partial charge >= 0.3 is 0 Å². The Morgan fingerprint density at radius 1 is 1.65 bits per heavy atom. The van der Waals surface area contributed by atoms with E-state index < -0.39 is 0 Å².